The molecule has 98 valence electrons. The van der Waals surface area contributed by atoms with Gasteiger partial charge < -0.3 is 15.1 Å². The van der Waals surface area contributed by atoms with Crippen LogP contribution in [0.4, 0.5) is 10.5 Å². The third kappa shape index (κ3) is 1.99. The van der Waals surface area contributed by atoms with Gasteiger partial charge in [-0.2, -0.15) is 5.26 Å². The third-order valence-corrected chi connectivity index (χ3v) is 3.85. The molecule has 5 nitrogen and oxygen atoms in total. The van der Waals surface area contributed by atoms with Crippen LogP contribution in [0.1, 0.15) is 11.1 Å². The Morgan fingerprint density at radius 2 is 2.26 bits per heavy atom. The van der Waals surface area contributed by atoms with Crippen molar-refractivity contribution in [1.82, 2.24) is 10.2 Å². The van der Waals surface area contributed by atoms with Gasteiger partial charge in [0.25, 0.3) is 0 Å². The van der Waals surface area contributed by atoms with Crippen LogP contribution in [0.3, 0.4) is 0 Å². The molecule has 2 amide bonds. The molecule has 0 spiro atoms. The Morgan fingerprint density at radius 1 is 1.42 bits per heavy atom. The second kappa shape index (κ2) is 4.47. The molecule has 0 saturated carbocycles. The van der Waals surface area contributed by atoms with Crippen molar-refractivity contribution in [1.29, 1.82) is 5.26 Å². The molecule has 0 aliphatic carbocycles. The summed E-state index contributed by atoms with van der Waals surface area (Å²) in [6, 6.07) is 8.47. The highest BCUT2D eigenvalue weighted by molar-refractivity contribution is 5.77. The van der Waals surface area contributed by atoms with Gasteiger partial charge in [0.15, 0.2) is 0 Å². The van der Waals surface area contributed by atoms with Gasteiger partial charge in [-0.15, -0.1) is 0 Å². The number of aryl methyl sites for hydroxylation is 1. The second-order valence-electron chi connectivity index (χ2n) is 5.11. The van der Waals surface area contributed by atoms with E-state index in [1.807, 2.05) is 30.0 Å². The van der Waals surface area contributed by atoms with Gasteiger partial charge in [0.1, 0.15) is 6.07 Å². The average Bonchev–Trinajstić information content (AvgIpc) is 2.79. The number of nitriles is 1. The van der Waals surface area contributed by atoms with E-state index in [9.17, 15) is 10.1 Å². The minimum atomic E-state index is 0.0362. The number of nitrogens with zero attached hydrogens (tertiary/aromatic N) is 3. The number of fused-ring (bicyclic) bond motifs is 1. The maximum Gasteiger partial charge on any atom is 0.317 e. The molecule has 2 aliphatic heterocycles. The first-order chi connectivity index (χ1) is 9.19. The molecule has 1 aromatic rings. The van der Waals surface area contributed by atoms with Crippen molar-refractivity contribution >= 4 is 11.7 Å². The number of carbonyl (C=O) groups excluding carboxylic acids is 1. The van der Waals surface area contributed by atoms with Crippen molar-refractivity contribution in [3.05, 3.63) is 29.3 Å². The number of rotatable bonds is 1. The van der Waals surface area contributed by atoms with Gasteiger partial charge in [-0.05, 0) is 24.6 Å². The topological polar surface area (TPSA) is 59.4 Å². The summed E-state index contributed by atoms with van der Waals surface area (Å²) >= 11 is 0. The summed E-state index contributed by atoms with van der Waals surface area (Å²) in [4.78, 5) is 15.7. The van der Waals surface area contributed by atoms with Gasteiger partial charge in [-0.25, -0.2) is 4.79 Å². The summed E-state index contributed by atoms with van der Waals surface area (Å²) in [5.74, 6) is 0. The van der Waals surface area contributed by atoms with E-state index in [1.54, 1.807) is 0 Å². The highest BCUT2D eigenvalue weighted by Crippen LogP contribution is 2.25. The van der Waals surface area contributed by atoms with Crippen LogP contribution in [-0.2, 0) is 0 Å². The number of hydrogen-bond acceptors (Lipinski definition) is 3. The monoisotopic (exact) mass is 256 g/mol. The zero-order valence-corrected chi connectivity index (χ0v) is 10.9. The Hall–Kier alpha value is -2.22. The molecule has 2 saturated heterocycles. The number of urea groups is 1. The smallest absolute Gasteiger partial charge is 0.317 e. The predicted octanol–water partition coefficient (Wildman–Crippen LogP) is 1.08. The molecule has 19 heavy (non-hydrogen) atoms. The van der Waals surface area contributed by atoms with Crippen molar-refractivity contribution in [2.24, 2.45) is 0 Å². The molecular weight excluding hydrogens is 240 g/mol. The number of benzene rings is 1. The van der Waals surface area contributed by atoms with E-state index >= 15 is 0 Å². The number of anilines is 1. The van der Waals surface area contributed by atoms with Gasteiger partial charge in [0.05, 0.1) is 17.3 Å². The van der Waals surface area contributed by atoms with E-state index in [0.717, 1.165) is 30.9 Å². The van der Waals surface area contributed by atoms with E-state index in [0.29, 0.717) is 12.1 Å². The van der Waals surface area contributed by atoms with E-state index < -0.39 is 0 Å². The molecule has 0 bridgehead atoms. The minimum Gasteiger partial charge on any atom is -0.367 e. The van der Waals surface area contributed by atoms with Crippen molar-refractivity contribution in [2.75, 3.05) is 31.1 Å². The summed E-state index contributed by atoms with van der Waals surface area (Å²) in [5, 5.41) is 12.1. The van der Waals surface area contributed by atoms with Crippen LogP contribution in [0.25, 0.3) is 0 Å². The molecule has 3 rings (SSSR count). The fourth-order valence-corrected chi connectivity index (χ4v) is 2.84. The average molecular weight is 256 g/mol. The molecule has 1 N–H and O–H groups in total. The van der Waals surface area contributed by atoms with Crippen LogP contribution in [0, 0.1) is 18.3 Å². The number of amides is 2. The van der Waals surface area contributed by atoms with Gasteiger partial charge in [-0.1, -0.05) is 6.07 Å². The summed E-state index contributed by atoms with van der Waals surface area (Å²) in [7, 11) is 0. The van der Waals surface area contributed by atoms with E-state index in [1.165, 1.54) is 0 Å². The zero-order valence-electron chi connectivity index (χ0n) is 10.9. The Labute approximate surface area is 112 Å². The molecule has 0 radical (unpaired) electrons. The minimum absolute atomic E-state index is 0.0362. The molecule has 2 aliphatic rings. The van der Waals surface area contributed by atoms with Gasteiger partial charge in [0.2, 0.25) is 0 Å². The number of nitrogens with one attached hydrogen (secondary N) is 1. The van der Waals surface area contributed by atoms with Crippen LogP contribution in [-0.4, -0.2) is 43.2 Å². The van der Waals surface area contributed by atoms with Crippen LogP contribution in [0.15, 0.2) is 18.2 Å². The first-order valence-electron chi connectivity index (χ1n) is 6.49. The summed E-state index contributed by atoms with van der Waals surface area (Å²) in [6.07, 6.45) is 0. The molecule has 1 aromatic carbocycles. The first-order valence-corrected chi connectivity index (χ1v) is 6.49. The molecule has 0 aromatic heterocycles. The quantitative estimate of drug-likeness (QED) is 0.818. The normalized spacial score (nSPS) is 21.9. The Kier molecular flexibility index (Phi) is 2.79. The number of carbonyl (C=O) groups is 1. The van der Waals surface area contributed by atoms with Crippen LogP contribution in [0.5, 0.6) is 0 Å². The van der Waals surface area contributed by atoms with Crippen molar-refractivity contribution in [3.8, 4) is 6.07 Å². The maximum atomic E-state index is 11.6. The van der Waals surface area contributed by atoms with Crippen LogP contribution < -0.4 is 10.2 Å². The SMILES string of the molecule is Cc1ccc(N2CCN3C(=O)NCC3C2)c(C#N)c1. The molecule has 2 heterocycles. The molecule has 1 atom stereocenters. The molecule has 5 heteroatoms. The number of hydrogen-bond donors (Lipinski definition) is 1. The van der Waals surface area contributed by atoms with Crippen molar-refractivity contribution in [3.63, 3.8) is 0 Å². The summed E-state index contributed by atoms with van der Waals surface area (Å²) < 4.78 is 0. The Bertz CT molecular complexity index is 563. The zero-order chi connectivity index (χ0) is 13.4. The molecule has 2 fully saturated rings. The lowest BCUT2D eigenvalue weighted by Gasteiger charge is -2.38. The van der Waals surface area contributed by atoms with Gasteiger partial charge in [-0.3, -0.25) is 0 Å². The highest BCUT2D eigenvalue weighted by atomic mass is 16.2. The summed E-state index contributed by atoms with van der Waals surface area (Å²) in [6.45, 7) is 4.97. The molecule has 1 unspecified atom stereocenters. The third-order valence-electron chi connectivity index (χ3n) is 3.85. The standard InChI is InChI=1S/C14H16N4O/c1-10-2-3-13(11(6-10)7-15)17-4-5-18-12(9-17)8-16-14(18)19/h2-3,6,12H,4-5,8-9H2,1H3,(H,16,19). The van der Waals surface area contributed by atoms with Gasteiger partial charge >= 0.3 is 6.03 Å². The lowest BCUT2D eigenvalue weighted by molar-refractivity contribution is 0.197. The lowest BCUT2D eigenvalue weighted by Crippen LogP contribution is -2.52. The maximum absolute atomic E-state index is 11.6. The fraction of sp³-hybridized carbons (Fsp3) is 0.429. The van der Waals surface area contributed by atoms with Crippen LogP contribution >= 0.6 is 0 Å². The second-order valence-corrected chi connectivity index (χ2v) is 5.11. The first kappa shape index (κ1) is 11.8. The van der Waals surface area contributed by atoms with E-state index in [2.05, 4.69) is 16.3 Å². The fourth-order valence-electron chi connectivity index (χ4n) is 2.84. The molecular formula is C14H16N4O. The van der Waals surface area contributed by atoms with E-state index in [4.69, 9.17) is 0 Å². The van der Waals surface area contributed by atoms with E-state index in [-0.39, 0.29) is 12.1 Å². The van der Waals surface area contributed by atoms with Crippen LogP contribution in [0.2, 0.25) is 0 Å². The van der Waals surface area contributed by atoms with Gasteiger partial charge in [0, 0.05) is 26.2 Å². The largest absolute Gasteiger partial charge is 0.367 e. The van der Waals surface area contributed by atoms with Crippen molar-refractivity contribution in [2.45, 2.75) is 13.0 Å². The number of piperazine rings is 1. The Morgan fingerprint density at radius 3 is 3.05 bits per heavy atom. The Balaban J connectivity index is 1.85. The highest BCUT2D eigenvalue weighted by Gasteiger charge is 2.35. The summed E-state index contributed by atoms with van der Waals surface area (Å²) in [5.41, 5.74) is 2.79. The lowest BCUT2D eigenvalue weighted by atomic mass is 10.1. The predicted molar refractivity (Wildman–Crippen MR) is 72.0 cm³/mol. The van der Waals surface area contributed by atoms with Crippen molar-refractivity contribution < 1.29 is 4.79 Å².